The van der Waals surface area contributed by atoms with E-state index in [9.17, 15) is 9.50 Å². The van der Waals surface area contributed by atoms with Crippen LogP contribution in [0.15, 0.2) is 18.2 Å². The Morgan fingerprint density at radius 2 is 2.00 bits per heavy atom. The summed E-state index contributed by atoms with van der Waals surface area (Å²) in [5.74, 6) is -0.160. The Hall–Kier alpha value is -1.09. The van der Waals surface area contributed by atoms with Gasteiger partial charge in [-0.05, 0) is 38.5 Å². The van der Waals surface area contributed by atoms with Gasteiger partial charge in [0.05, 0.1) is 0 Å². The maximum Gasteiger partial charge on any atom is 0.123 e. The molecule has 0 saturated carbocycles. The first kappa shape index (κ1) is 15.0. The number of benzene rings is 1. The fraction of sp³-hybridized carbons (Fsp3) is 0.600. The normalized spacial score (nSPS) is 14.4. The first-order chi connectivity index (χ1) is 8.54. The van der Waals surface area contributed by atoms with Crippen molar-refractivity contribution in [3.63, 3.8) is 0 Å². The van der Waals surface area contributed by atoms with E-state index in [4.69, 9.17) is 0 Å². The van der Waals surface area contributed by atoms with Gasteiger partial charge in [-0.1, -0.05) is 26.2 Å². The number of phenolic OH excluding ortho intramolecular Hbond substituents is 1. The van der Waals surface area contributed by atoms with Crippen molar-refractivity contribution < 1.29 is 9.50 Å². The summed E-state index contributed by atoms with van der Waals surface area (Å²) in [7, 11) is 0. The molecule has 1 rings (SSSR count). The van der Waals surface area contributed by atoms with Gasteiger partial charge in [-0.15, -0.1) is 0 Å². The SMILES string of the molecule is CCCCCC(C)NC(C)c1cc(F)ccc1O. The van der Waals surface area contributed by atoms with Gasteiger partial charge in [0.15, 0.2) is 0 Å². The van der Waals surface area contributed by atoms with Gasteiger partial charge in [-0.25, -0.2) is 4.39 Å². The average Bonchev–Trinajstić information content (AvgIpc) is 2.32. The van der Waals surface area contributed by atoms with Crippen molar-refractivity contribution in [2.45, 2.75) is 58.5 Å². The number of halogens is 1. The predicted octanol–water partition coefficient (Wildman–Crippen LogP) is 4.15. The third kappa shape index (κ3) is 4.65. The molecule has 2 atom stereocenters. The molecule has 0 aliphatic heterocycles. The first-order valence-electron chi connectivity index (χ1n) is 6.79. The minimum atomic E-state index is -0.310. The number of unbranched alkanes of at least 4 members (excludes halogenated alkanes) is 2. The highest BCUT2D eigenvalue weighted by Crippen LogP contribution is 2.25. The van der Waals surface area contributed by atoms with Gasteiger partial charge in [0.2, 0.25) is 0 Å². The van der Waals surface area contributed by atoms with Crippen molar-refractivity contribution in [2.75, 3.05) is 0 Å². The third-order valence-corrected chi connectivity index (χ3v) is 3.23. The summed E-state index contributed by atoms with van der Waals surface area (Å²) in [6.07, 6.45) is 4.76. The number of nitrogens with one attached hydrogen (secondary N) is 1. The molecule has 1 aromatic rings. The fourth-order valence-electron chi connectivity index (χ4n) is 2.17. The van der Waals surface area contributed by atoms with Crippen LogP contribution >= 0.6 is 0 Å². The Bertz CT molecular complexity index is 368. The van der Waals surface area contributed by atoms with E-state index in [1.54, 1.807) is 0 Å². The maximum atomic E-state index is 13.2. The highest BCUT2D eigenvalue weighted by molar-refractivity contribution is 5.34. The molecular formula is C15H24FNO. The topological polar surface area (TPSA) is 32.3 Å². The van der Waals surface area contributed by atoms with E-state index >= 15 is 0 Å². The van der Waals surface area contributed by atoms with Crippen LogP contribution in [0, 0.1) is 5.82 Å². The van der Waals surface area contributed by atoms with E-state index in [0.29, 0.717) is 11.6 Å². The molecule has 2 N–H and O–H groups in total. The zero-order chi connectivity index (χ0) is 13.5. The summed E-state index contributed by atoms with van der Waals surface area (Å²) >= 11 is 0. The van der Waals surface area contributed by atoms with Gasteiger partial charge >= 0.3 is 0 Å². The van der Waals surface area contributed by atoms with Crippen molar-refractivity contribution in [3.8, 4) is 5.75 Å². The van der Waals surface area contributed by atoms with Crippen molar-refractivity contribution in [1.82, 2.24) is 5.32 Å². The van der Waals surface area contributed by atoms with Crippen molar-refractivity contribution in [1.29, 1.82) is 0 Å². The van der Waals surface area contributed by atoms with Gasteiger partial charge in [-0.2, -0.15) is 0 Å². The second-order valence-corrected chi connectivity index (χ2v) is 4.99. The zero-order valence-electron chi connectivity index (χ0n) is 11.5. The molecule has 18 heavy (non-hydrogen) atoms. The van der Waals surface area contributed by atoms with E-state index in [-0.39, 0.29) is 17.6 Å². The molecule has 2 nitrogen and oxygen atoms in total. The lowest BCUT2D eigenvalue weighted by Crippen LogP contribution is -2.29. The molecular weight excluding hydrogens is 229 g/mol. The van der Waals surface area contributed by atoms with Crippen LogP contribution in [0.3, 0.4) is 0 Å². The molecule has 0 aliphatic rings. The lowest BCUT2D eigenvalue weighted by molar-refractivity contribution is 0.415. The molecule has 0 bridgehead atoms. The molecule has 0 saturated heterocycles. The van der Waals surface area contributed by atoms with Gasteiger partial charge in [-0.3, -0.25) is 0 Å². The van der Waals surface area contributed by atoms with Crippen molar-refractivity contribution in [2.24, 2.45) is 0 Å². The van der Waals surface area contributed by atoms with Gasteiger partial charge in [0, 0.05) is 17.6 Å². The Kier molecular flexibility index (Phi) is 6.13. The summed E-state index contributed by atoms with van der Waals surface area (Å²) in [6.45, 7) is 6.26. The quantitative estimate of drug-likeness (QED) is 0.715. The molecule has 0 heterocycles. The molecule has 102 valence electrons. The van der Waals surface area contributed by atoms with Crippen LogP contribution in [0.1, 0.15) is 58.1 Å². The Morgan fingerprint density at radius 3 is 2.67 bits per heavy atom. The van der Waals surface area contributed by atoms with Crippen molar-refractivity contribution in [3.05, 3.63) is 29.6 Å². The largest absolute Gasteiger partial charge is 0.508 e. The molecule has 0 aliphatic carbocycles. The zero-order valence-corrected chi connectivity index (χ0v) is 11.5. The molecule has 0 radical (unpaired) electrons. The average molecular weight is 253 g/mol. The minimum Gasteiger partial charge on any atom is -0.508 e. The van der Waals surface area contributed by atoms with Crippen molar-refractivity contribution >= 4 is 0 Å². The van der Waals surface area contributed by atoms with E-state index < -0.39 is 0 Å². The van der Waals surface area contributed by atoms with Crippen LogP contribution < -0.4 is 5.32 Å². The predicted molar refractivity (Wildman–Crippen MR) is 73.2 cm³/mol. The lowest BCUT2D eigenvalue weighted by Gasteiger charge is -2.21. The molecule has 0 fully saturated rings. The van der Waals surface area contributed by atoms with Crippen LogP contribution in [-0.4, -0.2) is 11.1 Å². The number of hydrogen-bond acceptors (Lipinski definition) is 2. The number of aromatic hydroxyl groups is 1. The molecule has 1 aromatic carbocycles. The second-order valence-electron chi connectivity index (χ2n) is 4.99. The van der Waals surface area contributed by atoms with Crippen LogP contribution in [0.2, 0.25) is 0 Å². The van der Waals surface area contributed by atoms with Crippen LogP contribution in [-0.2, 0) is 0 Å². The summed E-state index contributed by atoms with van der Waals surface area (Å²) < 4.78 is 13.2. The fourth-order valence-corrected chi connectivity index (χ4v) is 2.17. The second kappa shape index (κ2) is 7.37. The monoisotopic (exact) mass is 253 g/mol. The van der Waals surface area contributed by atoms with Crippen LogP contribution in [0.25, 0.3) is 0 Å². The van der Waals surface area contributed by atoms with Gasteiger partial charge in [0.1, 0.15) is 11.6 Å². The summed E-state index contributed by atoms with van der Waals surface area (Å²) in [5.41, 5.74) is 0.623. The number of rotatable bonds is 7. The highest BCUT2D eigenvalue weighted by atomic mass is 19.1. The van der Waals surface area contributed by atoms with E-state index in [2.05, 4.69) is 19.2 Å². The lowest BCUT2D eigenvalue weighted by atomic mass is 10.0. The number of hydrogen-bond donors (Lipinski definition) is 2. The van der Waals surface area contributed by atoms with Gasteiger partial charge in [0.25, 0.3) is 0 Å². The van der Waals surface area contributed by atoms with E-state index in [1.807, 2.05) is 6.92 Å². The Labute approximate surface area is 109 Å². The standard InChI is InChI=1S/C15H24FNO/c1-4-5-6-7-11(2)17-12(3)14-10-13(16)8-9-15(14)18/h8-12,17-18H,4-7H2,1-3H3. The summed E-state index contributed by atoms with van der Waals surface area (Å²) in [5, 5.41) is 13.1. The van der Waals surface area contributed by atoms with Gasteiger partial charge < -0.3 is 10.4 Å². The molecule has 0 amide bonds. The number of phenols is 1. The maximum absolute atomic E-state index is 13.2. The van der Waals surface area contributed by atoms with E-state index in [1.165, 1.54) is 37.5 Å². The molecule has 0 spiro atoms. The summed E-state index contributed by atoms with van der Waals surface area (Å²) in [4.78, 5) is 0. The Balaban J connectivity index is 2.53. The molecule has 0 aromatic heterocycles. The summed E-state index contributed by atoms with van der Waals surface area (Å²) in [6, 6.07) is 4.40. The van der Waals surface area contributed by atoms with Crippen LogP contribution in [0.5, 0.6) is 5.75 Å². The van der Waals surface area contributed by atoms with E-state index in [0.717, 1.165) is 6.42 Å². The Morgan fingerprint density at radius 1 is 1.28 bits per heavy atom. The highest BCUT2D eigenvalue weighted by Gasteiger charge is 2.13. The molecule has 3 heteroatoms. The smallest absolute Gasteiger partial charge is 0.123 e. The minimum absolute atomic E-state index is 0.0441. The van der Waals surface area contributed by atoms with Crippen LogP contribution in [0.4, 0.5) is 4.39 Å². The third-order valence-electron chi connectivity index (χ3n) is 3.23. The first-order valence-corrected chi connectivity index (χ1v) is 6.79. The molecule has 2 unspecified atom stereocenters.